The monoisotopic (exact) mass is 310 g/mol. The van der Waals surface area contributed by atoms with Gasteiger partial charge in [0.05, 0.1) is 26.7 Å². The van der Waals surface area contributed by atoms with E-state index in [2.05, 4.69) is 18.8 Å². The summed E-state index contributed by atoms with van der Waals surface area (Å²) in [4.78, 5) is 21.4. The fourth-order valence-electron chi connectivity index (χ4n) is 3.16. The Kier molecular flexibility index (Phi) is 5.08. The topological polar surface area (TPSA) is 69.5 Å². The molecule has 3 unspecified atom stereocenters. The molecule has 0 N–H and O–H groups in total. The molecular formula is C16H26N2O4. The van der Waals surface area contributed by atoms with Crippen molar-refractivity contribution in [2.24, 2.45) is 33.7 Å². The van der Waals surface area contributed by atoms with Crippen LogP contribution in [-0.2, 0) is 19.0 Å². The smallest absolute Gasteiger partial charge is 0.309 e. The van der Waals surface area contributed by atoms with Crippen molar-refractivity contribution in [3.05, 3.63) is 0 Å². The first-order valence-corrected chi connectivity index (χ1v) is 7.86. The van der Waals surface area contributed by atoms with Crippen molar-refractivity contribution in [3.8, 4) is 0 Å². The van der Waals surface area contributed by atoms with Crippen molar-refractivity contribution >= 4 is 17.8 Å². The van der Waals surface area contributed by atoms with Crippen LogP contribution in [-0.4, -0.2) is 50.7 Å². The summed E-state index contributed by atoms with van der Waals surface area (Å²) in [6, 6.07) is -0.398. The Labute approximate surface area is 131 Å². The highest BCUT2D eigenvalue weighted by Crippen LogP contribution is 2.51. The predicted molar refractivity (Wildman–Crippen MR) is 84.1 cm³/mol. The van der Waals surface area contributed by atoms with Crippen LogP contribution in [0.3, 0.4) is 0 Å². The van der Waals surface area contributed by atoms with Crippen LogP contribution in [0.4, 0.5) is 0 Å². The van der Waals surface area contributed by atoms with Crippen LogP contribution in [0.5, 0.6) is 0 Å². The molecule has 1 fully saturated rings. The molecule has 0 aromatic heterocycles. The number of methoxy groups -OCH3 is 2. The lowest BCUT2D eigenvalue weighted by molar-refractivity contribution is -0.145. The number of carbonyl (C=O) groups excluding carboxylic acids is 1. The molecule has 1 heterocycles. The fraction of sp³-hybridized carbons (Fsp3) is 0.812. The molecule has 2 aliphatic rings. The zero-order valence-electron chi connectivity index (χ0n) is 14.2. The number of hydrogen-bond acceptors (Lipinski definition) is 6. The molecule has 1 aliphatic carbocycles. The Morgan fingerprint density at radius 2 is 1.82 bits per heavy atom. The van der Waals surface area contributed by atoms with E-state index in [9.17, 15) is 4.79 Å². The van der Waals surface area contributed by atoms with E-state index in [0.717, 1.165) is 0 Å². The molecule has 0 aromatic rings. The van der Waals surface area contributed by atoms with Crippen LogP contribution in [0.1, 0.15) is 27.7 Å². The Morgan fingerprint density at radius 1 is 1.18 bits per heavy atom. The molecule has 22 heavy (non-hydrogen) atoms. The van der Waals surface area contributed by atoms with Gasteiger partial charge in [0.2, 0.25) is 11.8 Å². The first-order valence-electron chi connectivity index (χ1n) is 7.86. The lowest BCUT2D eigenvalue weighted by atomic mass is 10.0. The first kappa shape index (κ1) is 16.8. The molecule has 124 valence electrons. The highest BCUT2D eigenvalue weighted by atomic mass is 16.5. The van der Waals surface area contributed by atoms with Gasteiger partial charge in [-0.3, -0.25) is 4.79 Å². The van der Waals surface area contributed by atoms with Crippen LogP contribution >= 0.6 is 0 Å². The van der Waals surface area contributed by atoms with Crippen LogP contribution < -0.4 is 0 Å². The van der Waals surface area contributed by atoms with E-state index >= 15 is 0 Å². The third-order valence-electron chi connectivity index (χ3n) is 4.46. The van der Waals surface area contributed by atoms with Crippen molar-refractivity contribution in [1.29, 1.82) is 0 Å². The second-order valence-electron chi connectivity index (χ2n) is 6.19. The van der Waals surface area contributed by atoms with Crippen LogP contribution in [0, 0.1) is 23.7 Å². The molecule has 1 aliphatic heterocycles. The average Bonchev–Trinajstić information content (AvgIpc) is 3.17. The minimum Gasteiger partial charge on any atom is -0.483 e. The summed E-state index contributed by atoms with van der Waals surface area (Å²) in [5.41, 5.74) is 0. The van der Waals surface area contributed by atoms with Crippen molar-refractivity contribution in [2.75, 3.05) is 20.8 Å². The Balaban J connectivity index is 2.22. The van der Waals surface area contributed by atoms with Gasteiger partial charge < -0.3 is 14.2 Å². The van der Waals surface area contributed by atoms with Gasteiger partial charge in [0.1, 0.15) is 12.1 Å². The molecule has 2 rings (SSSR count). The molecular weight excluding hydrogens is 284 g/mol. The van der Waals surface area contributed by atoms with E-state index in [1.54, 1.807) is 14.2 Å². The van der Waals surface area contributed by atoms with Gasteiger partial charge in [-0.15, -0.1) is 0 Å². The Morgan fingerprint density at radius 3 is 2.32 bits per heavy atom. The predicted octanol–water partition coefficient (Wildman–Crippen LogP) is 1.93. The molecule has 0 aromatic carbocycles. The van der Waals surface area contributed by atoms with Crippen molar-refractivity contribution in [2.45, 2.75) is 39.8 Å². The van der Waals surface area contributed by atoms with Crippen LogP contribution in [0.2, 0.25) is 0 Å². The van der Waals surface area contributed by atoms with E-state index in [4.69, 9.17) is 19.2 Å². The molecule has 6 heteroatoms. The van der Waals surface area contributed by atoms with Gasteiger partial charge in [0.25, 0.3) is 0 Å². The number of aliphatic imine (C=N–C) groups is 2. The lowest BCUT2D eigenvalue weighted by Crippen LogP contribution is -2.39. The van der Waals surface area contributed by atoms with Gasteiger partial charge in [-0.25, -0.2) is 9.98 Å². The van der Waals surface area contributed by atoms with Gasteiger partial charge in [-0.1, -0.05) is 20.8 Å². The van der Waals surface area contributed by atoms with E-state index in [1.807, 2.05) is 13.8 Å². The van der Waals surface area contributed by atoms with Gasteiger partial charge in [0.15, 0.2) is 0 Å². The zero-order valence-corrected chi connectivity index (χ0v) is 14.2. The number of carbonyl (C=O) groups is 1. The Hall–Kier alpha value is -1.59. The minimum atomic E-state index is -0.264. The number of rotatable bonds is 4. The second-order valence-corrected chi connectivity index (χ2v) is 6.19. The molecule has 0 radical (unpaired) electrons. The van der Waals surface area contributed by atoms with Crippen LogP contribution in [0.15, 0.2) is 9.98 Å². The van der Waals surface area contributed by atoms with E-state index in [0.29, 0.717) is 18.4 Å². The SMILES string of the molecule is CCOC(=O)C1C(C)C1[C@@H]1N=C(OC)[C@H](C(C)C)N=C1OC. The zero-order chi connectivity index (χ0) is 16.4. The third-order valence-corrected chi connectivity index (χ3v) is 4.46. The summed E-state index contributed by atoms with van der Waals surface area (Å²) in [6.07, 6.45) is 0. The van der Waals surface area contributed by atoms with Crippen molar-refractivity contribution < 1.29 is 19.0 Å². The minimum absolute atomic E-state index is 0.0658. The van der Waals surface area contributed by atoms with Crippen molar-refractivity contribution in [3.63, 3.8) is 0 Å². The standard InChI is InChI=1S/C16H26N2O4/c1-7-22-16(19)11-9(4)10(11)13-15(21-6)17-12(8(2)3)14(18-13)20-5/h8-13H,7H2,1-6H3/t9?,10?,11?,12-,13-/m0/s1. The highest BCUT2D eigenvalue weighted by Gasteiger charge is 2.59. The number of hydrogen-bond donors (Lipinski definition) is 0. The summed E-state index contributed by atoms with van der Waals surface area (Å²) < 4.78 is 16.0. The number of ether oxygens (including phenoxy) is 3. The van der Waals surface area contributed by atoms with Gasteiger partial charge in [-0.05, 0) is 18.8 Å². The molecule has 0 spiro atoms. The molecule has 0 bridgehead atoms. The molecule has 1 saturated carbocycles. The van der Waals surface area contributed by atoms with E-state index < -0.39 is 0 Å². The Bertz CT molecular complexity index is 487. The maximum absolute atomic E-state index is 12.0. The normalized spacial score (nSPS) is 33.9. The molecule has 6 nitrogen and oxygen atoms in total. The number of nitrogens with zero attached hydrogens (tertiary/aromatic N) is 2. The summed E-state index contributed by atoms with van der Waals surface area (Å²) >= 11 is 0. The molecule has 0 amide bonds. The van der Waals surface area contributed by atoms with Gasteiger partial charge in [0, 0.05) is 5.92 Å². The molecule has 5 atom stereocenters. The summed E-state index contributed by atoms with van der Waals surface area (Å²) in [7, 11) is 3.21. The van der Waals surface area contributed by atoms with Crippen molar-refractivity contribution in [1.82, 2.24) is 0 Å². The largest absolute Gasteiger partial charge is 0.483 e. The highest BCUT2D eigenvalue weighted by molar-refractivity contribution is 5.95. The maximum atomic E-state index is 12.0. The van der Waals surface area contributed by atoms with Gasteiger partial charge in [-0.2, -0.15) is 0 Å². The van der Waals surface area contributed by atoms with E-state index in [-0.39, 0.29) is 41.7 Å². The quantitative estimate of drug-likeness (QED) is 0.744. The first-order chi connectivity index (χ1) is 10.5. The third kappa shape index (κ3) is 2.96. The second kappa shape index (κ2) is 6.67. The fourth-order valence-corrected chi connectivity index (χ4v) is 3.16. The summed E-state index contributed by atoms with van der Waals surface area (Å²) in [5, 5.41) is 0. The maximum Gasteiger partial charge on any atom is 0.309 e. The average molecular weight is 310 g/mol. The van der Waals surface area contributed by atoms with Gasteiger partial charge >= 0.3 is 5.97 Å². The number of esters is 1. The van der Waals surface area contributed by atoms with E-state index in [1.165, 1.54) is 0 Å². The summed E-state index contributed by atoms with van der Waals surface area (Å²) in [6.45, 7) is 8.38. The lowest BCUT2D eigenvalue weighted by Gasteiger charge is -2.27. The summed E-state index contributed by atoms with van der Waals surface area (Å²) in [5.74, 6) is 1.45. The van der Waals surface area contributed by atoms with Crippen LogP contribution in [0.25, 0.3) is 0 Å². The molecule has 0 saturated heterocycles.